The minimum atomic E-state index is 0.343. The number of allylic oxidation sites excluding steroid dienone is 2. The topological polar surface area (TPSA) is 17.1 Å². The quantitative estimate of drug-likeness (QED) is 0.601. The van der Waals surface area contributed by atoms with Crippen LogP contribution in [0.1, 0.15) is 32.1 Å². The van der Waals surface area contributed by atoms with E-state index >= 15 is 0 Å². The molecule has 0 aromatic carbocycles. The van der Waals surface area contributed by atoms with Gasteiger partial charge >= 0.3 is 0 Å². The average molecular weight is 361 g/mol. The van der Waals surface area contributed by atoms with Gasteiger partial charge in [0.1, 0.15) is 0 Å². The molecule has 118 valence electrons. The number of hydrogen-bond donors (Lipinski definition) is 0. The zero-order valence-corrected chi connectivity index (χ0v) is 16.5. The Balaban J connectivity index is 2.51. The van der Waals surface area contributed by atoms with Gasteiger partial charge < -0.3 is 0 Å². The van der Waals surface area contributed by atoms with Crippen LogP contribution in [0.25, 0.3) is 0 Å². The molecule has 0 aromatic heterocycles. The van der Waals surface area contributed by atoms with Gasteiger partial charge in [0.05, 0.1) is 0 Å². The summed E-state index contributed by atoms with van der Waals surface area (Å²) in [7, 11) is 0. The molecular weight excluding hydrogens is 336 g/mol. The molecule has 0 amide bonds. The van der Waals surface area contributed by atoms with E-state index < -0.39 is 0 Å². The predicted octanol–water partition coefficient (Wildman–Crippen LogP) is 5.64. The molecule has 2 atom stereocenters. The maximum absolute atomic E-state index is 13.1. The average Bonchev–Trinajstić information content (AvgIpc) is 2.52. The van der Waals surface area contributed by atoms with Gasteiger partial charge in [0.25, 0.3) is 0 Å². The van der Waals surface area contributed by atoms with Crippen LogP contribution < -0.4 is 0 Å². The molecule has 0 heterocycles. The zero-order valence-electron chi connectivity index (χ0n) is 13.2. The van der Waals surface area contributed by atoms with Gasteiger partial charge in [-0.25, -0.2) is 0 Å². The number of Topliss-reactive ketones (excluding diaryl/α,β-unsaturated/α-hetero) is 1. The van der Waals surface area contributed by atoms with Crippen molar-refractivity contribution < 1.29 is 4.79 Å². The Hall–Kier alpha value is 0.550. The molecule has 21 heavy (non-hydrogen) atoms. The van der Waals surface area contributed by atoms with E-state index in [-0.39, 0.29) is 0 Å². The van der Waals surface area contributed by atoms with Crippen molar-refractivity contribution in [3.8, 4) is 0 Å². The highest BCUT2D eigenvalue weighted by Crippen LogP contribution is 2.49. The van der Waals surface area contributed by atoms with E-state index in [1.165, 1.54) is 34.2 Å². The van der Waals surface area contributed by atoms with Crippen molar-refractivity contribution in [3.05, 3.63) is 19.6 Å². The number of ketones is 1. The van der Waals surface area contributed by atoms with Gasteiger partial charge in [0, 0.05) is 19.6 Å². The Bertz CT molecular complexity index is 455. The third kappa shape index (κ3) is 3.73. The molecule has 1 nitrogen and oxygen atoms in total. The van der Waals surface area contributed by atoms with Crippen molar-refractivity contribution in [2.45, 2.75) is 32.1 Å². The third-order valence-electron chi connectivity index (χ3n) is 4.47. The molecule has 0 saturated heterocycles. The van der Waals surface area contributed by atoms with Gasteiger partial charge in [-0.2, -0.15) is 0 Å². The van der Waals surface area contributed by atoms with Gasteiger partial charge in [-0.05, 0) is 56.1 Å². The summed E-state index contributed by atoms with van der Waals surface area (Å²) in [5.41, 5.74) is 2.23. The van der Waals surface area contributed by atoms with Crippen LogP contribution in [0.3, 0.4) is 0 Å². The second-order valence-electron chi connectivity index (χ2n) is 5.47. The molecule has 2 saturated carbocycles. The fourth-order valence-electron chi connectivity index (χ4n) is 3.57. The molecule has 0 radical (unpaired) electrons. The van der Waals surface area contributed by atoms with E-state index in [2.05, 4.69) is 25.0 Å². The van der Waals surface area contributed by atoms with Gasteiger partial charge in [-0.15, -0.1) is 47.0 Å². The van der Waals surface area contributed by atoms with Crippen LogP contribution in [0.5, 0.6) is 0 Å². The Labute approximate surface area is 145 Å². The first-order valence-electron chi connectivity index (χ1n) is 7.35. The maximum Gasteiger partial charge on any atom is 0.188 e. The highest BCUT2D eigenvalue weighted by molar-refractivity contribution is 8.22. The lowest BCUT2D eigenvalue weighted by molar-refractivity contribution is -0.114. The van der Waals surface area contributed by atoms with Crippen molar-refractivity contribution in [2.24, 2.45) is 11.8 Å². The molecule has 2 rings (SSSR count). The largest absolute Gasteiger partial charge is 0.289 e. The Morgan fingerprint density at radius 1 is 0.905 bits per heavy atom. The van der Waals surface area contributed by atoms with E-state index in [0.717, 1.165) is 17.6 Å². The summed E-state index contributed by atoms with van der Waals surface area (Å²) in [6.45, 7) is 0. The fraction of sp³-hybridized carbons (Fsp3) is 0.688. The smallest absolute Gasteiger partial charge is 0.188 e. The lowest BCUT2D eigenvalue weighted by Crippen LogP contribution is -2.33. The predicted molar refractivity (Wildman–Crippen MR) is 103 cm³/mol. The molecule has 0 spiro atoms. The molecule has 2 aliphatic carbocycles. The highest BCUT2D eigenvalue weighted by atomic mass is 32.2. The van der Waals surface area contributed by atoms with Gasteiger partial charge in [-0.1, -0.05) is 12.8 Å². The summed E-state index contributed by atoms with van der Waals surface area (Å²) >= 11 is 6.97. The minimum absolute atomic E-state index is 0.343. The number of carbonyl (C=O) groups is 1. The molecule has 0 bridgehead atoms. The minimum Gasteiger partial charge on any atom is -0.289 e. The van der Waals surface area contributed by atoms with Crippen LogP contribution in [-0.2, 0) is 4.79 Å². The van der Waals surface area contributed by atoms with E-state index in [4.69, 9.17) is 0 Å². The van der Waals surface area contributed by atoms with Crippen molar-refractivity contribution in [1.29, 1.82) is 0 Å². The second-order valence-corrected chi connectivity index (χ2v) is 9.25. The van der Waals surface area contributed by atoms with Crippen LogP contribution in [0.15, 0.2) is 19.6 Å². The number of thioether (sulfide) groups is 4. The van der Waals surface area contributed by atoms with Crippen LogP contribution >= 0.6 is 47.0 Å². The van der Waals surface area contributed by atoms with E-state index in [1.54, 1.807) is 47.0 Å². The summed E-state index contributed by atoms with van der Waals surface area (Å²) in [5, 5.41) is 0. The Kier molecular flexibility index (Phi) is 7.17. The molecule has 0 N–H and O–H groups in total. The fourth-order valence-corrected chi connectivity index (χ4v) is 6.68. The monoisotopic (exact) mass is 360 g/mol. The summed E-state index contributed by atoms with van der Waals surface area (Å²) in [6.07, 6.45) is 14.5. The molecule has 0 aliphatic heterocycles. The number of hydrogen-bond acceptors (Lipinski definition) is 5. The summed E-state index contributed by atoms with van der Waals surface area (Å²) < 4.78 is 2.47. The summed E-state index contributed by atoms with van der Waals surface area (Å²) in [5.74, 6) is 1.54. The molecule has 2 aliphatic rings. The number of fused-ring (bicyclic) bond motifs is 1. The van der Waals surface area contributed by atoms with Gasteiger partial charge in [-0.3, -0.25) is 4.79 Å². The third-order valence-corrected chi connectivity index (χ3v) is 8.89. The van der Waals surface area contributed by atoms with Crippen molar-refractivity contribution in [1.82, 2.24) is 0 Å². The normalized spacial score (nSPS) is 25.8. The van der Waals surface area contributed by atoms with Gasteiger partial charge in [0.2, 0.25) is 0 Å². The van der Waals surface area contributed by atoms with E-state index in [0.29, 0.717) is 17.6 Å². The lowest BCUT2D eigenvalue weighted by atomic mass is 9.67. The number of carbonyl (C=O) groups excluding carboxylic acids is 1. The van der Waals surface area contributed by atoms with E-state index in [9.17, 15) is 4.79 Å². The SMILES string of the molecule is CSC(SC)=C1CC2CCCCC2C(=C(SC)SC)C1=O. The standard InChI is InChI=1S/C16H24OS4/c1-18-15(19-2)12-9-10-7-5-6-8-11(10)13(14(12)17)16(20-3)21-4/h10-11H,5-9H2,1-4H3. The summed E-state index contributed by atoms with van der Waals surface area (Å²) in [4.78, 5) is 13.1. The first-order valence-corrected chi connectivity index (χ1v) is 12.3. The lowest BCUT2D eigenvalue weighted by Gasteiger charge is -2.39. The Morgan fingerprint density at radius 2 is 1.48 bits per heavy atom. The first-order chi connectivity index (χ1) is 10.2. The Morgan fingerprint density at radius 3 is 2.05 bits per heavy atom. The molecule has 0 aromatic rings. The molecule has 5 heteroatoms. The molecule has 2 unspecified atom stereocenters. The molecular formula is C16H24OS4. The van der Waals surface area contributed by atoms with Crippen LogP contribution in [0.4, 0.5) is 0 Å². The van der Waals surface area contributed by atoms with Crippen LogP contribution in [0.2, 0.25) is 0 Å². The second kappa shape index (κ2) is 8.42. The maximum atomic E-state index is 13.1. The zero-order chi connectivity index (χ0) is 15.4. The van der Waals surface area contributed by atoms with Crippen molar-refractivity contribution in [3.63, 3.8) is 0 Å². The number of rotatable bonds is 4. The molecule has 2 fully saturated rings. The first kappa shape index (κ1) is 17.9. The highest BCUT2D eigenvalue weighted by Gasteiger charge is 2.40. The van der Waals surface area contributed by atoms with Gasteiger partial charge in [0.15, 0.2) is 5.78 Å². The van der Waals surface area contributed by atoms with E-state index in [1.807, 2.05) is 0 Å². The summed E-state index contributed by atoms with van der Waals surface area (Å²) in [6, 6.07) is 0. The van der Waals surface area contributed by atoms with Crippen molar-refractivity contribution in [2.75, 3.05) is 25.0 Å². The van der Waals surface area contributed by atoms with Crippen molar-refractivity contribution >= 4 is 52.8 Å². The van der Waals surface area contributed by atoms with Crippen LogP contribution in [-0.4, -0.2) is 30.8 Å². The van der Waals surface area contributed by atoms with Crippen LogP contribution in [0, 0.1) is 11.8 Å².